The SMILES string of the molecule is Nc1ncnc2c1ncn2[C@@H]1O[C@H](COP(=O)(O)OP(=O)(O)OP(=O)(O)O)[C@@H](O)[C@H]1OC(=O)NCCNC(=S)Nc1ccc2c(c1)C(=O)OC21c2ccc(O)cc2Oc2cc(O)ccc21. The minimum atomic E-state index is -5.87. The Balaban J connectivity index is 0.900. The van der Waals surface area contributed by atoms with Gasteiger partial charge in [0.05, 0.1) is 18.5 Å². The number of alkyl carbamates (subject to hydrolysis) is 1. The topological polar surface area (TPSA) is 397 Å². The van der Waals surface area contributed by atoms with E-state index in [4.69, 9.17) is 46.7 Å². The molecular weight excluding hydrogens is 949 g/mol. The van der Waals surface area contributed by atoms with E-state index in [9.17, 15) is 48.4 Å². The number of aromatic nitrogens is 4. The third-order valence-corrected chi connectivity index (χ3v) is 13.8. The van der Waals surface area contributed by atoms with Gasteiger partial charge in [0, 0.05) is 47.6 Å². The van der Waals surface area contributed by atoms with Crippen LogP contribution in [0.2, 0.25) is 0 Å². The third-order valence-electron chi connectivity index (χ3n) is 9.75. The maximum Gasteiger partial charge on any atom is 0.490 e. The molecular formula is C34H33N8O19P3S. The number of aromatic hydroxyl groups is 2. The van der Waals surface area contributed by atoms with Crippen LogP contribution in [-0.4, -0.2) is 110 Å². The minimum Gasteiger partial charge on any atom is -0.508 e. The maximum atomic E-state index is 13.5. The zero-order chi connectivity index (χ0) is 46.6. The largest absolute Gasteiger partial charge is 0.508 e. The van der Waals surface area contributed by atoms with E-state index in [-0.39, 0.29) is 63.7 Å². The number of rotatable bonds is 13. The lowest BCUT2D eigenvalue weighted by Gasteiger charge is -2.36. The number of esters is 1. The summed E-state index contributed by atoms with van der Waals surface area (Å²) in [6, 6.07) is 13.6. The molecule has 1 fully saturated rings. The molecule has 344 valence electrons. The summed E-state index contributed by atoms with van der Waals surface area (Å²) in [5.74, 6) is -0.476. The number of ether oxygens (including phenoxy) is 4. The highest BCUT2D eigenvalue weighted by atomic mass is 32.1. The van der Waals surface area contributed by atoms with Crippen molar-refractivity contribution in [1.82, 2.24) is 30.2 Å². The van der Waals surface area contributed by atoms with Gasteiger partial charge in [-0.1, -0.05) is 6.07 Å². The van der Waals surface area contributed by atoms with Gasteiger partial charge in [0.15, 0.2) is 34.5 Å². The summed E-state index contributed by atoms with van der Waals surface area (Å²) in [6.07, 6.45) is -5.48. The fraction of sp³-hybridized carbons (Fsp3) is 0.235. The fourth-order valence-corrected chi connectivity index (χ4v) is 10.4. The van der Waals surface area contributed by atoms with Crippen molar-refractivity contribution in [3.63, 3.8) is 0 Å². The third kappa shape index (κ3) is 9.34. The Morgan fingerprint density at radius 1 is 0.892 bits per heavy atom. The van der Waals surface area contributed by atoms with Crippen molar-refractivity contribution in [3.05, 3.63) is 89.5 Å². The van der Waals surface area contributed by atoms with Crippen LogP contribution >= 0.6 is 35.7 Å². The van der Waals surface area contributed by atoms with E-state index in [0.29, 0.717) is 22.4 Å². The number of imidazole rings is 1. The number of phenolic OH excluding ortho intramolecular Hbond substituents is 2. The van der Waals surface area contributed by atoms with Crippen LogP contribution in [0.5, 0.6) is 23.0 Å². The molecule has 27 nitrogen and oxygen atoms in total. The summed E-state index contributed by atoms with van der Waals surface area (Å²) in [4.78, 5) is 75.5. The molecule has 6 atom stereocenters. The Labute approximate surface area is 368 Å². The van der Waals surface area contributed by atoms with Crippen LogP contribution in [0.3, 0.4) is 0 Å². The molecule has 1 saturated heterocycles. The van der Waals surface area contributed by atoms with E-state index in [1.165, 1.54) is 34.9 Å². The number of phosphoric ester groups is 1. The first-order valence-electron chi connectivity index (χ1n) is 18.4. The minimum absolute atomic E-state index is 0.00246. The van der Waals surface area contributed by atoms with E-state index in [2.05, 4.69) is 44.0 Å². The Morgan fingerprint density at radius 2 is 1.55 bits per heavy atom. The summed E-state index contributed by atoms with van der Waals surface area (Å²) < 4.78 is 71.7. The zero-order valence-electron chi connectivity index (χ0n) is 32.4. The maximum absolute atomic E-state index is 13.5. The molecule has 31 heteroatoms. The number of nitrogens with two attached hydrogens (primary N) is 1. The first-order chi connectivity index (χ1) is 30.6. The number of hydrogen-bond acceptors (Lipinski definition) is 20. The first kappa shape index (κ1) is 45.7. The lowest BCUT2D eigenvalue weighted by molar-refractivity contribution is -0.0522. The monoisotopic (exact) mass is 982 g/mol. The molecule has 2 unspecified atom stereocenters. The number of anilines is 2. The van der Waals surface area contributed by atoms with Gasteiger partial charge in [0.25, 0.3) is 0 Å². The van der Waals surface area contributed by atoms with Crippen LogP contribution in [0.15, 0.2) is 67.3 Å². The molecule has 2 aromatic heterocycles. The number of phenols is 2. The number of carbonyl (C=O) groups is 2. The second kappa shape index (κ2) is 17.2. The quantitative estimate of drug-likeness (QED) is 0.0348. The van der Waals surface area contributed by atoms with E-state index < -0.39 is 72.3 Å². The van der Waals surface area contributed by atoms with Gasteiger partial charge in [0.1, 0.15) is 47.1 Å². The molecule has 5 aromatic rings. The number of nitrogens with zero attached hydrogens (tertiary/aromatic N) is 4. The van der Waals surface area contributed by atoms with E-state index >= 15 is 0 Å². The predicted molar refractivity (Wildman–Crippen MR) is 220 cm³/mol. The van der Waals surface area contributed by atoms with Gasteiger partial charge in [-0.2, -0.15) is 8.62 Å². The van der Waals surface area contributed by atoms with Crippen LogP contribution in [0.25, 0.3) is 11.2 Å². The van der Waals surface area contributed by atoms with E-state index in [1.54, 1.807) is 24.3 Å². The number of nitrogen functional groups attached to an aromatic ring is 1. The van der Waals surface area contributed by atoms with Gasteiger partial charge in [-0.3, -0.25) is 9.09 Å². The van der Waals surface area contributed by atoms with Crippen LogP contribution in [0, 0.1) is 0 Å². The van der Waals surface area contributed by atoms with Crippen molar-refractivity contribution in [2.75, 3.05) is 30.7 Å². The Morgan fingerprint density at radius 3 is 2.23 bits per heavy atom. The highest BCUT2D eigenvalue weighted by molar-refractivity contribution is 7.80. The molecule has 1 amide bonds. The molecule has 3 aliphatic rings. The van der Waals surface area contributed by atoms with Crippen LogP contribution in [0.4, 0.5) is 16.3 Å². The van der Waals surface area contributed by atoms with Crippen molar-refractivity contribution in [3.8, 4) is 23.0 Å². The number of aliphatic hydroxyl groups is 1. The fourth-order valence-electron chi connectivity index (χ4n) is 7.20. The molecule has 3 aliphatic heterocycles. The molecule has 8 rings (SSSR count). The van der Waals surface area contributed by atoms with Gasteiger partial charge >= 0.3 is 35.5 Å². The average molecular weight is 983 g/mol. The average Bonchev–Trinajstić information content (AvgIpc) is 3.86. The number of nitrogens with one attached hydrogen (secondary N) is 3. The van der Waals surface area contributed by atoms with Gasteiger partial charge in [-0.25, -0.2) is 38.2 Å². The van der Waals surface area contributed by atoms with Gasteiger partial charge in [-0.05, 0) is 48.6 Å². The lowest BCUT2D eigenvalue weighted by atomic mass is 9.77. The lowest BCUT2D eigenvalue weighted by Crippen LogP contribution is -2.42. The standard InChI is InChI=1S/C34H33N8O19P3S/c35-28-25-29(39-13-38-28)42(14-40-25)30-27(26(45)24(57-30)12-55-63(51,52)61-64(53,54)60-62(48,49)50)58-33(47)37-8-7-36-32(65)41-15-1-4-19-18(9-15)31(46)59-34(19)20-5-2-16(43)10-22(20)56-23-11-17(44)3-6-21(23)34/h1-6,9-11,13-14,24,26-27,30,43-45H,7-8,12H2,(H,37,47)(H,51,52)(H,53,54)(H2,35,38,39)(H2,36,41,65)(H2,48,49,50)/t24-,26-,27-,30-/m1/s1. The Kier molecular flexibility index (Phi) is 12.1. The van der Waals surface area contributed by atoms with Crippen LogP contribution in [0.1, 0.15) is 33.3 Å². The number of phosphoric acid groups is 3. The summed E-state index contributed by atoms with van der Waals surface area (Å²) >= 11 is 5.42. The molecule has 0 saturated carbocycles. The van der Waals surface area contributed by atoms with Crippen molar-refractivity contribution >= 4 is 75.5 Å². The molecule has 5 heterocycles. The second-order valence-corrected chi connectivity index (χ2v) is 18.8. The summed E-state index contributed by atoms with van der Waals surface area (Å²) in [6.45, 7) is -1.23. The van der Waals surface area contributed by atoms with Crippen molar-refractivity contribution in [2.45, 2.75) is 30.1 Å². The molecule has 1 spiro atoms. The van der Waals surface area contributed by atoms with Crippen LogP contribution in [-0.2, 0) is 46.7 Å². The smallest absolute Gasteiger partial charge is 0.490 e. The normalized spacial score (nSPS) is 21.2. The summed E-state index contributed by atoms with van der Waals surface area (Å²) in [7, 11) is -17.2. The second-order valence-electron chi connectivity index (χ2n) is 14.0. The first-order valence-corrected chi connectivity index (χ1v) is 23.3. The van der Waals surface area contributed by atoms with Crippen molar-refractivity contribution in [1.29, 1.82) is 0 Å². The molecule has 12 N–H and O–H groups in total. The molecule has 65 heavy (non-hydrogen) atoms. The number of fused-ring (bicyclic) bond motifs is 7. The predicted octanol–water partition coefficient (Wildman–Crippen LogP) is 2.07. The Bertz CT molecular complexity index is 2850. The highest BCUT2D eigenvalue weighted by Crippen LogP contribution is 2.66. The number of hydrogen-bond donors (Lipinski definition) is 11. The molecule has 3 aromatic carbocycles. The summed E-state index contributed by atoms with van der Waals surface area (Å²) in [5.41, 5.74) is 6.46. The zero-order valence-corrected chi connectivity index (χ0v) is 35.9. The number of thiocarbonyl (C=S) groups is 1. The van der Waals surface area contributed by atoms with Gasteiger partial charge in [0.2, 0.25) is 0 Å². The number of amides is 1. The number of aliphatic hydroxyl groups excluding tert-OH is 1. The van der Waals surface area contributed by atoms with E-state index in [1.807, 2.05) is 0 Å². The van der Waals surface area contributed by atoms with Crippen LogP contribution < -0.4 is 26.4 Å². The van der Waals surface area contributed by atoms with E-state index in [0.717, 1.165) is 12.7 Å². The summed E-state index contributed by atoms with van der Waals surface area (Å²) in [5, 5.41) is 39.9. The van der Waals surface area contributed by atoms with Crippen molar-refractivity contribution < 1.29 is 90.3 Å². The number of carbonyl (C=O) groups excluding carboxylic acids is 2. The Hall–Kier alpha value is -5.83. The highest BCUT2D eigenvalue weighted by Gasteiger charge is 2.54. The molecule has 0 radical (unpaired) electrons. The van der Waals surface area contributed by atoms with Gasteiger partial charge < -0.3 is 75.5 Å². The molecule has 0 aliphatic carbocycles. The van der Waals surface area contributed by atoms with Gasteiger partial charge in [-0.15, -0.1) is 0 Å². The number of benzene rings is 3. The molecule has 0 bridgehead atoms. The van der Waals surface area contributed by atoms with Crippen molar-refractivity contribution in [2.24, 2.45) is 0 Å².